The molecule has 3 nitrogen and oxygen atoms in total. The quantitative estimate of drug-likeness (QED) is 0.812. The van der Waals surface area contributed by atoms with Crippen LogP contribution in [0.15, 0.2) is 47.2 Å². The van der Waals surface area contributed by atoms with Crippen LogP contribution in [0.1, 0.15) is 22.8 Å². The van der Waals surface area contributed by atoms with Gasteiger partial charge in [0.1, 0.15) is 5.75 Å². The highest BCUT2D eigenvalue weighted by Crippen LogP contribution is 2.25. The van der Waals surface area contributed by atoms with E-state index >= 15 is 0 Å². The molecule has 4 heteroatoms. The number of aromatic nitrogens is 1. The van der Waals surface area contributed by atoms with Crippen LogP contribution in [0.4, 0.5) is 0 Å². The Bertz CT molecular complexity index is 555. The highest BCUT2D eigenvalue weighted by atomic mass is 79.9. The summed E-state index contributed by atoms with van der Waals surface area (Å²) in [6, 6.07) is 8.81. The first kappa shape index (κ1) is 12.8. The number of nitrogens with zero attached hydrogens (tertiary/aromatic N) is 1. The average Bonchev–Trinajstić information content (AvgIpc) is 2.41. The molecule has 92 valence electrons. The second kappa shape index (κ2) is 5.78. The smallest absolute Gasteiger partial charge is 0.196 e. The van der Waals surface area contributed by atoms with Gasteiger partial charge in [-0.05, 0) is 37.3 Å². The number of halogens is 1. The van der Waals surface area contributed by atoms with Gasteiger partial charge in [-0.3, -0.25) is 9.78 Å². The van der Waals surface area contributed by atoms with E-state index in [-0.39, 0.29) is 5.78 Å². The predicted molar refractivity (Wildman–Crippen MR) is 73.0 cm³/mol. The molecular formula is C14H12BrNO2. The van der Waals surface area contributed by atoms with E-state index in [1.807, 2.05) is 13.0 Å². The van der Waals surface area contributed by atoms with Gasteiger partial charge in [-0.2, -0.15) is 0 Å². The zero-order chi connectivity index (χ0) is 13.0. The normalized spacial score (nSPS) is 10.1. The lowest BCUT2D eigenvalue weighted by atomic mass is 10.0. The van der Waals surface area contributed by atoms with Crippen LogP contribution >= 0.6 is 15.9 Å². The summed E-state index contributed by atoms with van der Waals surface area (Å²) in [5, 5.41) is 0. The Morgan fingerprint density at radius 1 is 1.28 bits per heavy atom. The van der Waals surface area contributed by atoms with E-state index in [1.165, 1.54) is 0 Å². The summed E-state index contributed by atoms with van der Waals surface area (Å²) in [6.45, 7) is 2.42. The molecule has 0 N–H and O–H groups in total. The van der Waals surface area contributed by atoms with Crippen molar-refractivity contribution in [3.8, 4) is 5.75 Å². The van der Waals surface area contributed by atoms with E-state index in [9.17, 15) is 4.79 Å². The average molecular weight is 306 g/mol. The summed E-state index contributed by atoms with van der Waals surface area (Å²) in [6.07, 6.45) is 3.21. The third-order valence-corrected chi connectivity index (χ3v) is 2.92. The molecule has 1 heterocycles. The molecule has 0 unspecified atom stereocenters. The molecule has 0 saturated carbocycles. The summed E-state index contributed by atoms with van der Waals surface area (Å²) in [4.78, 5) is 16.3. The first-order valence-electron chi connectivity index (χ1n) is 5.59. The van der Waals surface area contributed by atoms with Crippen molar-refractivity contribution in [3.05, 3.63) is 58.3 Å². The molecule has 0 radical (unpaired) electrons. The molecule has 0 spiro atoms. The lowest BCUT2D eigenvalue weighted by Gasteiger charge is -2.09. The number of carbonyl (C=O) groups is 1. The molecule has 0 aliphatic rings. The third-order valence-electron chi connectivity index (χ3n) is 2.43. The summed E-state index contributed by atoms with van der Waals surface area (Å²) in [5.41, 5.74) is 1.15. The molecule has 0 aliphatic heterocycles. The number of hydrogen-bond donors (Lipinski definition) is 0. The third kappa shape index (κ3) is 2.76. The molecule has 0 atom stereocenters. The zero-order valence-electron chi connectivity index (χ0n) is 9.89. The van der Waals surface area contributed by atoms with Crippen LogP contribution in [0.25, 0.3) is 0 Å². The fraction of sp³-hybridized carbons (Fsp3) is 0.143. The van der Waals surface area contributed by atoms with Crippen molar-refractivity contribution in [2.45, 2.75) is 6.92 Å². The van der Waals surface area contributed by atoms with Gasteiger partial charge in [-0.1, -0.05) is 15.9 Å². The lowest BCUT2D eigenvalue weighted by Crippen LogP contribution is -2.05. The van der Waals surface area contributed by atoms with Crippen LogP contribution in [-0.2, 0) is 0 Å². The Hall–Kier alpha value is -1.68. The molecule has 2 rings (SSSR count). The van der Waals surface area contributed by atoms with Gasteiger partial charge >= 0.3 is 0 Å². The van der Waals surface area contributed by atoms with Gasteiger partial charge in [0, 0.05) is 22.4 Å². The van der Waals surface area contributed by atoms with E-state index in [4.69, 9.17) is 4.74 Å². The number of ether oxygens (including phenoxy) is 1. The summed E-state index contributed by atoms with van der Waals surface area (Å²) in [5.74, 6) is 0.532. The molecule has 2 aromatic rings. The van der Waals surface area contributed by atoms with Crippen LogP contribution in [-0.4, -0.2) is 17.4 Å². The van der Waals surface area contributed by atoms with E-state index in [0.29, 0.717) is 23.5 Å². The van der Waals surface area contributed by atoms with Crippen molar-refractivity contribution in [2.75, 3.05) is 6.61 Å². The number of rotatable bonds is 4. The molecule has 1 aromatic heterocycles. The number of pyridine rings is 1. The minimum Gasteiger partial charge on any atom is -0.493 e. The van der Waals surface area contributed by atoms with Crippen molar-refractivity contribution in [2.24, 2.45) is 0 Å². The maximum absolute atomic E-state index is 12.4. The minimum atomic E-state index is -0.0675. The van der Waals surface area contributed by atoms with Crippen molar-refractivity contribution in [3.63, 3.8) is 0 Å². The predicted octanol–water partition coefficient (Wildman–Crippen LogP) is 3.47. The monoisotopic (exact) mass is 305 g/mol. The minimum absolute atomic E-state index is 0.0675. The van der Waals surface area contributed by atoms with Crippen molar-refractivity contribution in [1.82, 2.24) is 4.98 Å². The summed E-state index contributed by atoms with van der Waals surface area (Å²) in [7, 11) is 0. The Morgan fingerprint density at radius 3 is 2.67 bits per heavy atom. The zero-order valence-corrected chi connectivity index (χ0v) is 11.5. The van der Waals surface area contributed by atoms with Gasteiger partial charge in [-0.25, -0.2) is 0 Å². The molecule has 0 saturated heterocycles. The van der Waals surface area contributed by atoms with E-state index < -0.39 is 0 Å². The standard InChI is InChI=1S/C14H12BrNO2/c1-2-18-13-4-3-11(15)9-12(13)14(17)10-5-7-16-8-6-10/h3-9H,2H2,1H3. The van der Waals surface area contributed by atoms with Crippen molar-refractivity contribution in [1.29, 1.82) is 0 Å². The van der Waals surface area contributed by atoms with Gasteiger partial charge in [0.2, 0.25) is 0 Å². The largest absolute Gasteiger partial charge is 0.493 e. The van der Waals surface area contributed by atoms with Crippen LogP contribution in [0.3, 0.4) is 0 Å². The van der Waals surface area contributed by atoms with Gasteiger partial charge in [0.15, 0.2) is 5.78 Å². The number of ketones is 1. The molecule has 18 heavy (non-hydrogen) atoms. The molecule has 0 aliphatic carbocycles. The highest BCUT2D eigenvalue weighted by Gasteiger charge is 2.14. The first-order valence-corrected chi connectivity index (χ1v) is 6.38. The van der Waals surface area contributed by atoms with Crippen LogP contribution < -0.4 is 4.74 Å². The second-order valence-electron chi connectivity index (χ2n) is 3.64. The molecule has 0 amide bonds. The number of benzene rings is 1. The van der Waals surface area contributed by atoms with E-state index in [2.05, 4.69) is 20.9 Å². The fourth-order valence-electron chi connectivity index (χ4n) is 1.62. The maximum Gasteiger partial charge on any atom is 0.196 e. The van der Waals surface area contributed by atoms with Crippen LogP contribution in [0.2, 0.25) is 0 Å². The summed E-state index contributed by atoms with van der Waals surface area (Å²) >= 11 is 3.37. The SMILES string of the molecule is CCOc1ccc(Br)cc1C(=O)c1ccncc1. The van der Waals surface area contributed by atoms with Crippen molar-refractivity contribution >= 4 is 21.7 Å². The Kier molecular flexibility index (Phi) is 4.10. The number of carbonyl (C=O) groups excluding carboxylic acids is 1. The van der Waals surface area contributed by atoms with Gasteiger partial charge in [-0.15, -0.1) is 0 Å². The van der Waals surface area contributed by atoms with Crippen molar-refractivity contribution < 1.29 is 9.53 Å². The van der Waals surface area contributed by atoms with Gasteiger partial charge < -0.3 is 4.74 Å². The maximum atomic E-state index is 12.4. The fourth-order valence-corrected chi connectivity index (χ4v) is 1.98. The molecule has 1 aromatic carbocycles. The Morgan fingerprint density at radius 2 is 2.00 bits per heavy atom. The topological polar surface area (TPSA) is 39.2 Å². The lowest BCUT2D eigenvalue weighted by molar-refractivity contribution is 0.103. The number of hydrogen-bond acceptors (Lipinski definition) is 3. The first-order chi connectivity index (χ1) is 8.72. The highest BCUT2D eigenvalue weighted by molar-refractivity contribution is 9.10. The summed E-state index contributed by atoms with van der Waals surface area (Å²) < 4.78 is 6.33. The Labute approximate surface area is 114 Å². The van der Waals surface area contributed by atoms with E-state index in [0.717, 1.165) is 4.47 Å². The van der Waals surface area contributed by atoms with Gasteiger partial charge in [0.05, 0.1) is 12.2 Å². The Balaban J connectivity index is 2.43. The van der Waals surface area contributed by atoms with E-state index in [1.54, 1.807) is 36.7 Å². The van der Waals surface area contributed by atoms with Crippen LogP contribution in [0, 0.1) is 0 Å². The van der Waals surface area contributed by atoms with Gasteiger partial charge in [0.25, 0.3) is 0 Å². The molecule has 0 fully saturated rings. The molecule has 0 bridgehead atoms. The molecular weight excluding hydrogens is 294 g/mol. The van der Waals surface area contributed by atoms with Crippen LogP contribution in [0.5, 0.6) is 5.75 Å². The second-order valence-corrected chi connectivity index (χ2v) is 4.55.